The first-order valence-electron chi connectivity index (χ1n) is 11.9. The summed E-state index contributed by atoms with van der Waals surface area (Å²) in [6, 6.07) is 18.0. The number of ether oxygens (including phenoxy) is 5. The van der Waals surface area contributed by atoms with Gasteiger partial charge in [-0.1, -0.05) is 74.0 Å². The molecule has 0 spiro atoms. The van der Waals surface area contributed by atoms with E-state index >= 15 is 0 Å². The second-order valence-electron chi connectivity index (χ2n) is 8.54. The summed E-state index contributed by atoms with van der Waals surface area (Å²) in [4.78, 5) is 26.7. The van der Waals surface area contributed by atoms with Gasteiger partial charge in [-0.05, 0) is 12.0 Å². The van der Waals surface area contributed by atoms with Crippen LogP contribution in [0.3, 0.4) is 0 Å². The van der Waals surface area contributed by atoms with Gasteiger partial charge in [-0.2, -0.15) is 0 Å². The largest absolute Gasteiger partial charge is 0.508 e. The van der Waals surface area contributed by atoms with E-state index in [1.807, 2.05) is 67.6 Å². The van der Waals surface area contributed by atoms with Crippen molar-refractivity contribution >= 4 is 12.2 Å². The van der Waals surface area contributed by atoms with Gasteiger partial charge >= 0.3 is 12.2 Å². The molecule has 188 valence electrons. The highest BCUT2D eigenvalue weighted by atomic mass is 16.7. The Kier molecular flexibility index (Phi) is 8.57. The topological polar surface area (TPSA) is 104 Å². The molecular formula is C26H31NO8. The number of likely N-dealkylation sites (tertiary alicyclic amines) is 1. The van der Waals surface area contributed by atoms with Crippen molar-refractivity contribution in [2.45, 2.75) is 57.0 Å². The van der Waals surface area contributed by atoms with Crippen molar-refractivity contribution in [3.05, 3.63) is 71.8 Å². The number of aliphatic hydroxyl groups excluding tert-OH is 1. The van der Waals surface area contributed by atoms with Crippen LogP contribution < -0.4 is 0 Å². The quantitative estimate of drug-likeness (QED) is 0.467. The van der Waals surface area contributed by atoms with E-state index in [9.17, 15) is 14.7 Å². The molecule has 2 saturated heterocycles. The Labute approximate surface area is 204 Å². The van der Waals surface area contributed by atoms with Crippen LogP contribution in [0, 0.1) is 0 Å². The molecule has 1 N–H and O–H groups in total. The number of unbranched alkanes of at least 4 members (excludes halogenated alkanes) is 1. The van der Waals surface area contributed by atoms with Crippen LogP contribution in [-0.4, -0.2) is 66.4 Å². The summed E-state index contributed by atoms with van der Waals surface area (Å²) in [7, 11) is 0. The maximum absolute atomic E-state index is 13.1. The minimum atomic E-state index is -1.19. The first-order chi connectivity index (χ1) is 17.1. The van der Waals surface area contributed by atoms with E-state index in [-0.39, 0.29) is 26.4 Å². The highest BCUT2D eigenvalue weighted by Gasteiger charge is 2.51. The van der Waals surface area contributed by atoms with Crippen LogP contribution in [0.25, 0.3) is 0 Å². The maximum atomic E-state index is 13.1. The van der Waals surface area contributed by atoms with E-state index in [0.29, 0.717) is 6.42 Å². The molecule has 9 nitrogen and oxygen atoms in total. The second kappa shape index (κ2) is 12.0. The SMILES string of the molecule is CCCCOC(=O)O[C@H]1CN(C(=O)OCc2ccccc2)[C@@H]2COC(c3ccccc3)O[C@H]2[C@@H]1O. The van der Waals surface area contributed by atoms with E-state index < -0.39 is 42.9 Å². The standard InChI is InChI=1S/C26H31NO8/c1-2-3-14-31-26(30)34-21-15-27(25(29)33-16-18-10-6-4-7-11-18)20-17-32-24(35-23(20)22(21)28)19-12-8-5-9-13-19/h4-13,20-24,28H,2-3,14-17H2,1H3/t20-,21+,22-,23-,24?/m1/s1. The number of carbonyl (C=O) groups excluding carboxylic acids is 2. The first kappa shape index (κ1) is 25.0. The fourth-order valence-corrected chi connectivity index (χ4v) is 4.14. The Hall–Kier alpha value is -3.14. The molecule has 4 rings (SSSR count). The Balaban J connectivity index is 1.48. The van der Waals surface area contributed by atoms with Crippen molar-refractivity contribution in [1.82, 2.24) is 4.90 Å². The van der Waals surface area contributed by atoms with Gasteiger partial charge in [-0.15, -0.1) is 0 Å². The monoisotopic (exact) mass is 485 g/mol. The Morgan fingerprint density at radius 3 is 2.49 bits per heavy atom. The molecule has 0 aromatic heterocycles. The van der Waals surface area contributed by atoms with Crippen molar-refractivity contribution in [2.24, 2.45) is 0 Å². The number of carbonyl (C=O) groups is 2. The third-order valence-electron chi connectivity index (χ3n) is 6.05. The molecule has 2 heterocycles. The summed E-state index contributed by atoms with van der Waals surface area (Å²) in [5.74, 6) is 0. The van der Waals surface area contributed by atoms with Gasteiger partial charge in [-0.25, -0.2) is 9.59 Å². The van der Waals surface area contributed by atoms with Crippen molar-refractivity contribution in [3.8, 4) is 0 Å². The van der Waals surface area contributed by atoms with Gasteiger partial charge in [-0.3, -0.25) is 4.90 Å². The fraction of sp³-hybridized carbons (Fsp3) is 0.462. The van der Waals surface area contributed by atoms with Crippen LogP contribution in [0.2, 0.25) is 0 Å². The molecule has 0 bridgehead atoms. The summed E-state index contributed by atoms with van der Waals surface area (Å²) in [6.07, 6.45) is -3.79. The molecule has 35 heavy (non-hydrogen) atoms. The number of amides is 1. The van der Waals surface area contributed by atoms with Gasteiger partial charge in [0.25, 0.3) is 0 Å². The predicted molar refractivity (Wildman–Crippen MR) is 124 cm³/mol. The Morgan fingerprint density at radius 1 is 1.06 bits per heavy atom. The molecule has 0 aliphatic carbocycles. The number of hydrogen-bond acceptors (Lipinski definition) is 8. The zero-order chi connectivity index (χ0) is 24.6. The third kappa shape index (κ3) is 6.30. The lowest BCUT2D eigenvalue weighted by molar-refractivity contribution is -0.284. The predicted octanol–water partition coefficient (Wildman–Crippen LogP) is 3.80. The molecule has 1 amide bonds. The average Bonchev–Trinajstić information content (AvgIpc) is 2.90. The molecule has 9 heteroatoms. The van der Waals surface area contributed by atoms with Gasteiger partial charge < -0.3 is 28.8 Å². The lowest BCUT2D eigenvalue weighted by atomic mass is 9.93. The minimum absolute atomic E-state index is 0.0784. The number of benzene rings is 2. The Morgan fingerprint density at radius 2 is 1.77 bits per heavy atom. The van der Waals surface area contributed by atoms with Crippen LogP contribution in [0.5, 0.6) is 0 Å². The number of aliphatic hydroxyl groups is 1. The van der Waals surface area contributed by atoms with Crippen LogP contribution in [0.1, 0.15) is 37.2 Å². The summed E-state index contributed by atoms with van der Waals surface area (Å²) in [5.41, 5.74) is 1.61. The number of nitrogens with zero attached hydrogens (tertiary/aromatic N) is 1. The normalized spacial score (nSPS) is 25.9. The highest BCUT2D eigenvalue weighted by molar-refractivity contribution is 5.69. The third-order valence-corrected chi connectivity index (χ3v) is 6.05. The molecule has 2 aliphatic heterocycles. The summed E-state index contributed by atoms with van der Waals surface area (Å²) in [6.45, 7) is 2.31. The van der Waals surface area contributed by atoms with E-state index in [2.05, 4.69) is 0 Å². The summed E-state index contributed by atoms with van der Waals surface area (Å²) in [5, 5.41) is 11.1. The lowest BCUT2D eigenvalue weighted by Gasteiger charge is -2.49. The van der Waals surface area contributed by atoms with E-state index in [1.165, 1.54) is 4.90 Å². The van der Waals surface area contributed by atoms with Crippen LogP contribution >= 0.6 is 0 Å². The zero-order valence-electron chi connectivity index (χ0n) is 19.7. The second-order valence-corrected chi connectivity index (χ2v) is 8.54. The highest BCUT2D eigenvalue weighted by Crippen LogP contribution is 2.34. The van der Waals surface area contributed by atoms with E-state index in [4.69, 9.17) is 23.7 Å². The molecule has 0 saturated carbocycles. The molecule has 2 aromatic rings. The molecule has 0 radical (unpaired) electrons. The first-order valence-corrected chi connectivity index (χ1v) is 11.9. The summed E-state index contributed by atoms with van der Waals surface area (Å²) >= 11 is 0. The minimum Gasteiger partial charge on any atom is -0.445 e. The van der Waals surface area contributed by atoms with Crippen molar-refractivity contribution in [3.63, 3.8) is 0 Å². The molecular weight excluding hydrogens is 454 g/mol. The molecule has 2 aliphatic rings. The van der Waals surface area contributed by atoms with Crippen LogP contribution in [0.4, 0.5) is 9.59 Å². The molecule has 5 atom stereocenters. The Bertz CT molecular complexity index is 956. The smallest absolute Gasteiger partial charge is 0.445 e. The number of rotatable bonds is 7. The van der Waals surface area contributed by atoms with E-state index in [1.54, 1.807) is 0 Å². The average molecular weight is 486 g/mol. The van der Waals surface area contributed by atoms with Gasteiger partial charge in [0, 0.05) is 5.56 Å². The molecule has 2 fully saturated rings. The summed E-state index contributed by atoms with van der Waals surface area (Å²) < 4.78 is 28.0. The van der Waals surface area contributed by atoms with Crippen molar-refractivity contribution in [2.75, 3.05) is 19.8 Å². The van der Waals surface area contributed by atoms with Crippen LogP contribution in [-0.2, 0) is 30.3 Å². The van der Waals surface area contributed by atoms with Gasteiger partial charge in [0.2, 0.25) is 0 Å². The zero-order valence-corrected chi connectivity index (χ0v) is 19.7. The number of piperidine rings is 1. The van der Waals surface area contributed by atoms with Crippen molar-refractivity contribution in [1.29, 1.82) is 0 Å². The van der Waals surface area contributed by atoms with Gasteiger partial charge in [0.05, 0.1) is 25.8 Å². The lowest BCUT2D eigenvalue weighted by Crippen LogP contribution is -2.67. The van der Waals surface area contributed by atoms with Crippen LogP contribution in [0.15, 0.2) is 60.7 Å². The molecule has 2 aromatic carbocycles. The fourth-order valence-electron chi connectivity index (χ4n) is 4.14. The number of fused-ring (bicyclic) bond motifs is 1. The van der Waals surface area contributed by atoms with Gasteiger partial charge in [0.15, 0.2) is 12.4 Å². The number of hydrogen-bond donors (Lipinski definition) is 1. The van der Waals surface area contributed by atoms with Gasteiger partial charge in [0.1, 0.15) is 18.8 Å². The maximum Gasteiger partial charge on any atom is 0.508 e. The molecule has 1 unspecified atom stereocenters. The van der Waals surface area contributed by atoms with Crippen molar-refractivity contribution < 1.29 is 38.4 Å². The van der Waals surface area contributed by atoms with E-state index in [0.717, 1.165) is 17.5 Å².